The van der Waals surface area contributed by atoms with Crippen LogP contribution in [-0.2, 0) is 0 Å². The lowest BCUT2D eigenvalue weighted by molar-refractivity contribution is 0.0940. The largest absolute Gasteiger partial charge is 0.352 e. The zero-order chi connectivity index (χ0) is 17.9. The SMILES string of the molecule is O=C(N[C@@H]1CCN(c2ncccc2F)C1)c1cccc(-n2ccnn2)c1. The van der Waals surface area contributed by atoms with E-state index >= 15 is 0 Å². The standard InChI is InChI=1S/C18H17FN6O/c19-16-5-2-7-20-17(16)24-9-6-14(12-24)22-18(26)13-3-1-4-15(11-13)25-10-8-21-23-25/h1-5,7-8,10-11,14H,6,9,12H2,(H,22,26)/t14-/m1/s1. The summed E-state index contributed by atoms with van der Waals surface area (Å²) in [4.78, 5) is 18.5. The number of halogens is 1. The van der Waals surface area contributed by atoms with Gasteiger partial charge in [0, 0.05) is 30.9 Å². The molecule has 0 bridgehead atoms. The van der Waals surface area contributed by atoms with Gasteiger partial charge in [-0.3, -0.25) is 4.79 Å². The molecule has 1 N–H and O–H groups in total. The van der Waals surface area contributed by atoms with E-state index in [-0.39, 0.29) is 17.8 Å². The van der Waals surface area contributed by atoms with E-state index in [0.717, 1.165) is 12.1 Å². The first-order chi connectivity index (χ1) is 12.7. The Bertz CT molecular complexity index is 914. The second kappa shape index (κ2) is 6.91. The molecule has 0 saturated carbocycles. The molecule has 1 aromatic carbocycles. The van der Waals surface area contributed by atoms with Crippen LogP contribution in [0.4, 0.5) is 10.2 Å². The van der Waals surface area contributed by atoms with Crippen LogP contribution in [0.25, 0.3) is 5.69 Å². The van der Waals surface area contributed by atoms with Gasteiger partial charge >= 0.3 is 0 Å². The zero-order valence-electron chi connectivity index (χ0n) is 13.9. The highest BCUT2D eigenvalue weighted by Gasteiger charge is 2.26. The molecule has 1 aliphatic rings. The topological polar surface area (TPSA) is 75.9 Å². The van der Waals surface area contributed by atoms with Crippen LogP contribution in [-0.4, -0.2) is 45.0 Å². The Labute approximate surface area is 149 Å². The molecule has 1 atom stereocenters. The minimum atomic E-state index is -0.347. The van der Waals surface area contributed by atoms with Gasteiger partial charge in [-0.2, -0.15) is 0 Å². The van der Waals surface area contributed by atoms with Gasteiger partial charge in [0.2, 0.25) is 0 Å². The first-order valence-electron chi connectivity index (χ1n) is 8.34. The van der Waals surface area contributed by atoms with Crippen LogP contribution in [0, 0.1) is 5.82 Å². The molecule has 1 saturated heterocycles. The van der Waals surface area contributed by atoms with Crippen LogP contribution in [0.1, 0.15) is 16.8 Å². The van der Waals surface area contributed by atoms with Gasteiger partial charge in [-0.25, -0.2) is 14.1 Å². The van der Waals surface area contributed by atoms with Gasteiger partial charge in [0.1, 0.15) is 0 Å². The Hall–Kier alpha value is -3.29. The third-order valence-electron chi connectivity index (χ3n) is 4.36. The summed E-state index contributed by atoms with van der Waals surface area (Å²) in [5.41, 5.74) is 1.30. The number of carbonyl (C=O) groups excluding carboxylic acids is 1. The number of benzene rings is 1. The summed E-state index contributed by atoms with van der Waals surface area (Å²) in [6, 6.07) is 10.1. The molecular formula is C18H17FN6O. The molecule has 7 nitrogen and oxygen atoms in total. The number of anilines is 1. The quantitative estimate of drug-likeness (QED) is 0.775. The molecule has 8 heteroatoms. The van der Waals surface area contributed by atoms with E-state index in [1.165, 1.54) is 6.07 Å². The van der Waals surface area contributed by atoms with Gasteiger partial charge in [-0.05, 0) is 36.8 Å². The third kappa shape index (κ3) is 3.26. The third-order valence-corrected chi connectivity index (χ3v) is 4.36. The predicted octanol–water partition coefficient (Wildman–Crippen LogP) is 1.81. The molecule has 2 aromatic heterocycles. The number of nitrogens with zero attached hydrogens (tertiary/aromatic N) is 5. The van der Waals surface area contributed by atoms with E-state index in [4.69, 9.17) is 0 Å². The van der Waals surface area contributed by atoms with Gasteiger partial charge in [-0.1, -0.05) is 11.3 Å². The average molecular weight is 352 g/mol. The van der Waals surface area contributed by atoms with E-state index in [1.54, 1.807) is 47.5 Å². The predicted molar refractivity (Wildman–Crippen MR) is 93.6 cm³/mol. The lowest BCUT2D eigenvalue weighted by atomic mass is 10.1. The fraction of sp³-hybridized carbons (Fsp3) is 0.222. The summed E-state index contributed by atoms with van der Waals surface area (Å²) in [5.74, 6) is -0.183. The smallest absolute Gasteiger partial charge is 0.251 e. The molecule has 4 rings (SSSR count). The highest BCUT2D eigenvalue weighted by atomic mass is 19.1. The van der Waals surface area contributed by atoms with E-state index in [9.17, 15) is 9.18 Å². The molecule has 0 radical (unpaired) electrons. The van der Waals surface area contributed by atoms with Crippen LogP contribution in [0.2, 0.25) is 0 Å². The van der Waals surface area contributed by atoms with Gasteiger partial charge in [0.05, 0.1) is 18.1 Å². The summed E-state index contributed by atoms with van der Waals surface area (Å²) >= 11 is 0. The second-order valence-corrected chi connectivity index (χ2v) is 6.11. The number of nitrogens with one attached hydrogen (secondary N) is 1. The summed E-state index contributed by atoms with van der Waals surface area (Å²) in [5, 5.41) is 10.7. The first kappa shape index (κ1) is 16.2. The van der Waals surface area contributed by atoms with Crippen LogP contribution in [0.15, 0.2) is 55.0 Å². The van der Waals surface area contributed by atoms with Gasteiger partial charge < -0.3 is 10.2 Å². The molecule has 1 aliphatic heterocycles. The van der Waals surface area contributed by atoms with Crippen LogP contribution < -0.4 is 10.2 Å². The van der Waals surface area contributed by atoms with Crippen molar-refractivity contribution in [2.24, 2.45) is 0 Å². The van der Waals surface area contributed by atoms with Crippen molar-refractivity contribution in [1.29, 1.82) is 0 Å². The minimum absolute atomic E-state index is 0.0565. The monoisotopic (exact) mass is 352 g/mol. The maximum Gasteiger partial charge on any atom is 0.251 e. The van der Waals surface area contributed by atoms with Gasteiger partial charge in [0.25, 0.3) is 5.91 Å². The molecular weight excluding hydrogens is 335 g/mol. The van der Waals surface area contributed by atoms with Crippen LogP contribution >= 0.6 is 0 Å². The molecule has 132 valence electrons. The van der Waals surface area contributed by atoms with E-state index < -0.39 is 0 Å². The van der Waals surface area contributed by atoms with E-state index in [2.05, 4.69) is 20.6 Å². The van der Waals surface area contributed by atoms with Crippen molar-refractivity contribution in [2.45, 2.75) is 12.5 Å². The summed E-state index contributed by atoms with van der Waals surface area (Å²) < 4.78 is 15.5. The zero-order valence-corrected chi connectivity index (χ0v) is 13.9. The number of amides is 1. The molecule has 0 spiro atoms. The highest BCUT2D eigenvalue weighted by molar-refractivity contribution is 5.95. The Morgan fingerprint density at radius 3 is 2.96 bits per heavy atom. The van der Waals surface area contributed by atoms with Gasteiger partial charge in [-0.15, -0.1) is 5.10 Å². The van der Waals surface area contributed by atoms with Gasteiger partial charge in [0.15, 0.2) is 11.6 Å². The fourth-order valence-electron chi connectivity index (χ4n) is 3.08. The molecule has 0 unspecified atom stereocenters. The van der Waals surface area contributed by atoms with Crippen LogP contribution in [0.5, 0.6) is 0 Å². The lowest BCUT2D eigenvalue weighted by Gasteiger charge is -2.18. The molecule has 1 amide bonds. The van der Waals surface area contributed by atoms with Crippen molar-refractivity contribution >= 4 is 11.7 Å². The fourth-order valence-corrected chi connectivity index (χ4v) is 3.08. The maximum atomic E-state index is 13.9. The number of pyridine rings is 1. The highest BCUT2D eigenvalue weighted by Crippen LogP contribution is 2.21. The van der Waals surface area contributed by atoms with Crippen LogP contribution in [0.3, 0.4) is 0 Å². The molecule has 1 fully saturated rings. The Balaban J connectivity index is 1.43. The molecule has 3 heterocycles. The van der Waals surface area contributed by atoms with Crippen molar-refractivity contribution in [1.82, 2.24) is 25.3 Å². The van der Waals surface area contributed by atoms with Crippen molar-refractivity contribution in [3.8, 4) is 5.69 Å². The Kier molecular flexibility index (Phi) is 4.30. The Morgan fingerprint density at radius 2 is 2.15 bits per heavy atom. The number of hydrogen-bond donors (Lipinski definition) is 1. The van der Waals surface area contributed by atoms with Crippen molar-refractivity contribution in [3.63, 3.8) is 0 Å². The first-order valence-corrected chi connectivity index (χ1v) is 8.34. The van der Waals surface area contributed by atoms with E-state index in [1.807, 2.05) is 11.0 Å². The number of aromatic nitrogens is 4. The maximum absolute atomic E-state index is 13.9. The molecule has 0 aliphatic carbocycles. The number of carbonyl (C=O) groups is 1. The Morgan fingerprint density at radius 1 is 1.23 bits per heavy atom. The number of rotatable bonds is 4. The minimum Gasteiger partial charge on any atom is -0.352 e. The molecule has 3 aromatic rings. The number of hydrogen-bond acceptors (Lipinski definition) is 5. The normalized spacial score (nSPS) is 16.7. The van der Waals surface area contributed by atoms with E-state index in [0.29, 0.717) is 24.5 Å². The summed E-state index contributed by atoms with van der Waals surface area (Å²) in [6.45, 7) is 1.18. The summed E-state index contributed by atoms with van der Waals surface area (Å²) in [6.07, 6.45) is 5.61. The summed E-state index contributed by atoms with van der Waals surface area (Å²) in [7, 11) is 0. The average Bonchev–Trinajstić information content (AvgIpc) is 3.34. The van der Waals surface area contributed by atoms with Crippen molar-refractivity contribution in [3.05, 3.63) is 66.4 Å². The van der Waals surface area contributed by atoms with Crippen molar-refractivity contribution in [2.75, 3.05) is 18.0 Å². The second-order valence-electron chi connectivity index (χ2n) is 6.11. The van der Waals surface area contributed by atoms with Crippen molar-refractivity contribution < 1.29 is 9.18 Å². The molecule has 26 heavy (non-hydrogen) atoms. The lowest BCUT2D eigenvalue weighted by Crippen LogP contribution is -2.37.